The molecular weight excluding hydrogens is 236 g/mol. The lowest BCUT2D eigenvalue weighted by atomic mass is 9.98. The third kappa shape index (κ3) is 3.57. The summed E-state index contributed by atoms with van der Waals surface area (Å²) < 4.78 is 0. The van der Waals surface area contributed by atoms with Crippen LogP contribution in [0.25, 0.3) is 0 Å². The minimum Gasteiger partial charge on any atom is -0.366 e. The van der Waals surface area contributed by atoms with Gasteiger partial charge in [0.25, 0.3) is 0 Å². The Balaban J connectivity index is 1.87. The number of carbonyl (C=O) groups excluding carboxylic acids is 1. The number of hydrogen-bond donors (Lipinski definition) is 2. The standard InChI is InChI=1S/C16H24N2O/c1-11-4-3-5-14(11)9-18-10-15-7-6-13(16(17)19)8-12(15)2/h6-8,11,14,18H,3-5,9-10H2,1-2H3,(H2,17,19). The zero-order valence-electron chi connectivity index (χ0n) is 11.9. The SMILES string of the molecule is Cc1cc(C(N)=O)ccc1CNCC1CCCC1C. The average molecular weight is 260 g/mol. The fraction of sp³-hybridized carbons (Fsp3) is 0.562. The topological polar surface area (TPSA) is 55.1 Å². The Bertz CT molecular complexity index is 456. The number of primary amides is 1. The van der Waals surface area contributed by atoms with Crippen LogP contribution in [-0.4, -0.2) is 12.5 Å². The molecule has 3 heteroatoms. The summed E-state index contributed by atoms with van der Waals surface area (Å²) in [6, 6.07) is 5.68. The number of amides is 1. The van der Waals surface area contributed by atoms with Gasteiger partial charge in [0.05, 0.1) is 0 Å². The molecule has 3 N–H and O–H groups in total. The largest absolute Gasteiger partial charge is 0.366 e. The predicted octanol–water partition coefficient (Wildman–Crippen LogP) is 2.62. The summed E-state index contributed by atoms with van der Waals surface area (Å²) >= 11 is 0. The highest BCUT2D eigenvalue weighted by atomic mass is 16.1. The Morgan fingerprint density at radius 2 is 2.21 bits per heavy atom. The maximum atomic E-state index is 11.1. The molecule has 0 saturated heterocycles. The molecule has 1 fully saturated rings. The van der Waals surface area contributed by atoms with E-state index >= 15 is 0 Å². The van der Waals surface area contributed by atoms with Crippen molar-refractivity contribution in [3.63, 3.8) is 0 Å². The summed E-state index contributed by atoms with van der Waals surface area (Å²) in [4.78, 5) is 11.1. The molecule has 0 aromatic heterocycles. The Labute approximate surface area is 115 Å². The molecule has 1 aromatic rings. The number of nitrogens with two attached hydrogens (primary N) is 1. The minimum atomic E-state index is -0.359. The van der Waals surface area contributed by atoms with Crippen LogP contribution in [0.3, 0.4) is 0 Å². The van der Waals surface area contributed by atoms with Crippen LogP contribution in [0, 0.1) is 18.8 Å². The molecule has 0 aliphatic heterocycles. The first-order valence-corrected chi connectivity index (χ1v) is 7.18. The van der Waals surface area contributed by atoms with Crippen molar-refractivity contribution in [2.45, 2.75) is 39.7 Å². The van der Waals surface area contributed by atoms with Crippen LogP contribution in [0.15, 0.2) is 18.2 Å². The van der Waals surface area contributed by atoms with Crippen LogP contribution in [0.4, 0.5) is 0 Å². The third-order valence-electron chi connectivity index (χ3n) is 4.39. The van der Waals surface area contributed by atoms with Gasteiger partial charge >= 0.3 is 0 Å². The van der Waals surface area contributed by atoms with Gasteiger partial charge < -0.3 is 11.1 Å². The molecule has 1 saturated carbocycles. The van der Waals surface area contributed by atoms with Gasteiger partial charge in [0.1, 0.15) is 0 Å². The molecule has 19 heavy (non-hydrogen) atoms. The van der Waals surface area contributed by atoms with Crippen LogP contribution in [0.2, 0.25) is 0 Å². The lowest BCUT2D eigenvalue weighted by molar-refractivity contribution is 0.1000. The second-order valence-corrected chi connectivity index (χ2v) is 5.80. The number of carbonyl (C=O) groups is 1. The molecule has 1 aliphatic carbocycles. The van der Waals surface area contributed by atoms with E-state index in [1.807, 2.05) is 25.1 Å². The van der Waals surface area contributed by atoms with Gasteiger partial charge in [-0.15, -0.1) is 0 Å². The van der Waals surface area contributed by atoms with Crippen molar-refractivity contribution in [2.75, 3.05) is 6.54 Å². The van der Waals surface area contributed by atoms with Crippen molar-refractivity contribution in [3.8, 4) is 0 Å². The molecule has 2 rings (SSSR count). The lowest BCUT2D eigenvalue weighted by Gasteiger charge is -2.16. The summed E-state index contributed by atoms with van der Waals surface area (Å²) in [6.07, 6.45) is 4.10. The molecule has 104 valence electrons. The van der Waals surface area contributed by atoms with Gasteiger partial charge in [0, 0.05) is 12.1 Å². The van der Waals surface area contributed by atoms with Crippen molar-refractivity contribution < 1.29 is 4.79 Å². The monoisotopic (exact) mass is 260 g/mol. The van der Waals surface area contributed by atoms with Crippen molar-refractivity contribution >= 4 is 5.91 Å². The Kier molecular flexibility index (Phi) is 4.59. The summed E-state index contributed by atoms with van der Waals surface area (Å²) in [5, 5.41) is 3.55. The van der Waals surface area contributed by atoms with E-state index in [1.165, 1.54) is 24.8 Å². The van der Waals surface area contributed by atoms with E-state index in [0.29, 0.717) is 5.56 Å². The minimum absolute atomic E-state index is 0.359. The highest BCUT2D eigenvalue weighted by Crippen LogP contribution is 2.30. The molecule has 0 spiro atoms. The molecule has 0 radical (unpaired) electrons. The lowest BCUT2D eigenvalue weighted by Crippen LogP contribution is -2.24. The molecular formula is C16H24N2O. The predicted molar refractivity (Wildman–Crippen MR) is 77.9 cm³/mol. The number of hydrogen-bond acceptors (Lipinski definition) is 2. The first kappa shape index (κ1) is 14.1. The number of aryl methyl sites for hydroxylation is 1. The van der Waals surface area contributed by atoms with Crippen LogP contribution in [0.1, 0.15) is 47.7 Å². The molecule has 2 atom stereocenters. The maximum absolute atomic E-state index is 11.1. The molecule has 1 aromatic carbocycles. The molecule has 2 unspecified atom stereocenters. The van der Waals surface area contributed by atoms with Crippen LogP contribution in [-0.2, 0) is 6.54 Å². The van der Waals surface area contributed by atoms with E-state index in [2.05, 4.69) is 12.2 Å². The van der Waals surface area contributed by atoms with Crippen molar-refractivity contribution in [1.82, 2.24) is 5.32 Å². The smallest absolute Gasteiger partial charge is 0.248 e. The quantitative estimate of drug-likeness (QED) is 0.855. The highest BCUT2D eigenvalue weighted by molar-refractivity contribution is 5.93. The fourth-order valence-corrected chi connectivity index (χ4v) is 2.97. The van der Waals surface area contributed by atoms with Gasteiger partial charge in [-0.25, -0.2) is 0 Å². The van der Waals surface area contributed by atoms with Crippen LogP contribution < -0.4 is 11.1 Å². The van der Waals surface area contributed by atoms with E-state index in [1.54, 1.807) is 0 Å². The number of benzene rings is 1. The highest BCUT2D eigenvalue weighted by Gasteiger charge is 2.22. The maximum Gasteiger partial charge on any atom is 0.248 e. The van der Waals surface area contributed by atoms with E-state index in [-0.39, 0.29) is 5.91 Å². The molecule has 0 bridgehead atoms. The average Bonchev–Trinajstić information content (AvgIpc) is 2.77. The van der Waals surface area contributed by atoms with E-state index in [4.69, 9.17) is 5.73 Å². The van der Waals surface area contributed by atoms with Gasteiger partial charge in [-0.05, 0) is 55.0 Å². The normalized spacial score (nSPS) is 22.6. The van der Waals surface area contributed by atoms with E-state index in [9.17, 15) is 4.79 Å². The van der Waals surface area contributed by atoms with Gasteiger partial charge in [0.2, 0.25) is 5.91 Å². The third-order valence-corrected chi connectivity index (χ3v) is 4.39. The van der Waals surface area contributed by atoms with Crippen molar-refractivity contribution in [3.05, 3.63) is 34.9 Å². The zero-order valence-corrected chi connectivity index (χ0v) is 11.9. The van der Waals surface area contributed by atoms with Gasteiger partial charge in [0.15, 0.2) is 0 Å². The van der Waals surface area contributed by atoms with Crippen LogP contribution in [0.5, 0.6) is 0 Å². The summed E-state index contributed by atoms with van der Waals surface area (Å²) in [5.74, 6) is 1.32. The summed E-state index contributed by atoms with van der Waals surface area (Å²) in [7, 11) is 0. The van der Waals surface area contributed by atoms with E-state index in [0.717, 1.165) is 30.5 Å². The zero-order chi connectivity index (χ0) is 13.8. The molecule has 1 aliphatic rings. The van der Waals surface area contributed by atoms with Gasteiger partial charge in [-0.2, -0.15) is 0 Å². The summed E-state index contributed by atoms with van der Waals surface area (Å²) in [5.41, 5.74) is 8.24. The second kappa shape index (κ2) is 6.20. The van der Waals surface area contributed by atoms with Crippen molar-refractivity contribution in [2.24, 2.45) is 17.6 Å². The first-order chi connectivity index (χ1) is 9.08. The Morgan fingerprint density at radius 3 is 2.79 bits per heavy atom. The number of nitrogens with one attached hydrogen (secondary N) is 1. The van der Waals surface area contributed by atoms with Crippen LogP contribution >= 0.6 is 0 Å². The number of rotatable bonds is 5. The van der Waals surface area contributed by atoms with Crippen molar-refractivity contribution in [1.29, 1.82) is 0 Å². The first-order valence-electron chi connectivity index (χ1n) is 7.18. The molecule has 0 heterocycles. The van der Waals surface area contributed by atoms with Gasteiger partial charge in [-0.3, -0.25) is 4.79 Å². The summed E-state index contributed by atoms with van der Waals surface area (Å²) in [6.45, 7) is 6.35. The Hall–Kier alpha value is -1.35. The Morgan fingerprint density at radius 1 is 1.42 bits per heavy atom. The fourth-order valence-electron chi connectivity index (χ4n) is 2.97. The van der Waals surface area contributed by atoms with Gasteiger partial charge in [-0.1, -0.05) is 25.8 Å². The van der Waals surface area contributed by atoms with E-state index < -0.39 is 0 Å². The molecule has 3 nitrogen and oxygen atoms in total. The second-order valence-electron chi connectivity index (χ2n) is 5.80. The molecule has 1 amide bonds.